The van der Waals surface area contributed by atoms with Gasteiger partial charge in [-0.3, -0.25) is 4.68 Å². The van der Waals surface area contributed by atoms with E-state index in [1.165, 1.54) is 0 Å². The van der Waals surface area contributed by atoms with Crippen molar-refractivity contribution in [1.82, 2.24) is 9.78 Å². The van der Waals surface area contributed by atoms with Crippen molar-refractivity contribution in [3.63, 3.8) is 0 Å². The van der Waals surface area contributed by atoms with Crippen LogP contribution in [0.2, 0.25) is 0 Å². The first-order valence-electron chi connectivity index (χ1n) is 4.60. The van der Waals surface area contributed by atoms with E-state index in [1.54, 1.807) is 0 Å². The van der Waals surface area contributed by atoms with Crippen LogP contribution < -0.4 is 5.32 Å². The smallest absolute Gasteiger partial charge is 0.124 e. The Labute approximate surface area is 77.9 Å². The van der Waals surface area contributed by atoms with E-state index >= 15 is 0 Å². The summed E-state index contributed by atoms with van der Waals surface area (Å²) in [6.45, 7) is 3.68. The normalized spacial score (nSPS) is 22.2. The number of nitrogens with zero attached hydrogens (tertiary/aromatic N) is 2. The zero-order valence-corrected chi connectivity index (χ0v) is 8.08. The van der Waals surface area contributed by atoms with E-state index in [0.29, 0.717) is 6.04 Å². The fourth-order valence-electron chi connectivity index (χ4n) is 1.60. The van der Waals surface area contributed by atoms with Crippen molar-refractivity contribution in [2.75, 3.05) is 18.5 Å². The van der Waals surface area contributed by atoms with Gasteiger partial charge >= 0.3 is 0 Å². The SMILES string of the molecule is Cc1cc(NC2CCOC2)n(C)n1. The number of nitrogens with one attached hydrogen (secondary N) is 1. The Hall–Kier alpha value is -1.03. The van der Waals surface area contributed by atoms with Gasteiger partial charge in [0.25, 0.3) is 0 Å². The van der Waals surface area contributed by atoms with Crippen LogP contribution in [0.15, 0.2) is 6.07 Å². The molecule has 72 valence electrons. The van der Waals surface area contributed by atoms with Crippen LogP contribution in [0.25, 0.3) is 0 Å². The molecule has 0 aromatic carbocycles. The molecule has 0 spiro atoms. The number of ether oxygens (including phenoxy) is 1. The lowest BCUT2D eigenvalue weighted by Gasteiger charge is -2.11. The predicted octanol–water partition coefficient (Wildman–Crippen LogP) is 0.929. The monoisotopic (exact) mass is 181 g/mol. The summed E-state index contributed by atoms with van der Waals surface area (Å²) in [7, 11) is 1.95. The second-order valence-electron chi connectivity index (χ2n) is 3.50. The van der Waals surface area contributed by atoms with Crippen molar-refractivity contribution >= 4 is 5.82 Å². The van der Waals surface area contributed by atoms with Gasteiger partial charge in [0.05, 0.1) is 18.3 Å². The van der Waals surface area contributed by atoms with Crippen molar-refractivity contribution in [3.05, 3.63) is 11.8 Å². The first-order chi connectivity index (χ1) is 6.25. The lowest BCUT2D eigenvalue weighted by Crippen LogP contribution is -2.20. The highest BCUT2D eigenvalue weighted by molar-refractivity contribution is 5.37. The van der Waals surface area contributed by atoms with Crippen LogP contribution in [0, 0.1) is 6.92 Å². The lowest BCUT2D eigenvalue weighted by molar-refractivity contribution is 0.195. The summed E-state index contributed by atoms with van der Waals surface area (Å²) in [6.07, 6.45) is 1.09. The zero-order valence-electron chi connectivity index (χ0n) is 8.08. The number of aromatic nitrogens is 2. The topological polar surface area (TPSA) is 39.1 Å². The largest absolute Gasteiger partial charge is 0.379 e. The molecule has 13 heavy (non-hydrogen) atoms. The van der Waals surface area contributed by atoms with Crippen LogP contribution in [0.5, 0.6) is 0 Å². The number of hydrogen-bond donors (Lipinski definition) is 1. The van der Waals surface area contributed by atoms with Crippen molar-refractivity contribution < 1.29 is 4.74 Å². The summed E-state index contributed by atoms with van der Waals surface area (Å²) >= 11 is 0. The van der Waals surface area contributed by atoms with Gasteiger partial charge in [-0.15, -0.1) is 0 Å². The molecule has 4 heteroatoms. The average molecular weight is 181 g/mol. The Morgan fingerprint density at radius 1 is 1.69 bits per heavy atom. The lowest BCUT2D eigenvalue weighted by atomic mass is 10.2. The fourth-order valence-corrected chi connectivity index (χ4v) is 1.60. The van der Waals surface area contributed by atoms with Crippen molar-refractivity contribution in [3.8, 4) is 0 Å². The maximum absolute atomic E-state index is 5.28. The second kappa shape index (κ2) is 3.38. The minimum atomic E-state index is 0.454. The van der Waals surface area contributed by atoms with E-state index in [9.17, 15) is 0 Å². The van der Waals surface area contributed by atoms with Gasteiger partial charge in [-0.1, -0.05) is 0 Å². The average Bonchev–Trinajstić information content (AvgIpc) is 2.63. The van der Waals surface area contributed by atoms with E-state index in [-0.39, 0.29) is 0 Å². The molecular weight excluding hydrogens is 166 g/mol. The number of hydrogen-bond acceptors (Lipinski definition) is 3. The summed E-state index contributed by atoms with van der Waals surface area (Å²) in [5.74, 6) is 1.08. The molecule has 1 aromatic heterocycles. The van der Waals surface area contributed by atoms with Crippen molar-refractivity contribution in [1.29, 1.82) is 0 Å². The minimum Gasteiger partial charge on any atom is -0.379 e. The van der Waals surface area contributed by atoms with Gasteiger partial charge in [0.2, 0.25) is 0 Å². The quantitative estimate of drug-likeness (QED) is 0.737. The third-order valence-electron chi connectivity index (χ3n) is 2.28. The summed E-state index contributed by atoms with van der Waals surface area (Å²) in [4.78, 5) is 0. The number of anilines is 1. The Balaban J connectivity index is 2.03. The maximum atomic E-state index is 5.28. The molecule has 2 rings (SSSR count). The molecule has 1 aromatic rings. The van der Waals surface area contributed by atoms with Crippen LogP contribution in [-0.2, 0) is 11.8 Å². The fraction of sp³-hybridized carbons (Fsp3) is 0.667. The molecule has 1 aliphatic rings. The molecule has 1 aliphatic heterocycles. The molecule has 0 saturated carbocycles. The molecule has 1 saturated heterocycles. The maximum Gasteiger partial charge on any atom is 0.124 e. The molecule has 0 aliphatic carbocycles. The van der Waals surface area contributed by atoms with Gasteiger partial charge in [-0.2, -0.15) is 5.10 Å². The van der Waals surface area contributed by atoms with E-state index < -0.39 is 0 Å². The van der Waals surface area contributed by atoms with E-state index in [2.05, 4.69) is 16.5 Å². The van der Waals surface area contributed by atoms with Gasteiger partial charge in [0.1, 0.15) is 5.82 Å². The van der Waals surface area contributed by atoms with Crippen LogP contribution in [-0.4, -0.2) is 29.0 Å². The molecule has 0 radical (unpaired) electrons. The van der Waals surface area contributed by atoms with Gasteiger partial charge < -0.3 is 10.1 Å². The first-order valence-corrected chi connectivity index (χ1v) is 4.60. The molecule has 0 amide bonds. The summed E-state index contributed by atoms with van der Waals surface area (Å²) in [6, 6.07) is 2.51. The summed E-state index contributed by atoms with van der Waals surface area (Å²) in [5.41, 5.74) is 1.05. The molecule has 1 atom stereocenters. The number of aryl methyl sites for hydroxylation is 2. The van der Waals surface area contributed by atoms with Crippen molar-refractivity contribution in [2.24, 2.45) is 7.05 Å². The minimum absolute atomic E-state index is 0.454. The van der Waals surface area contributed by atoms with Gasteiger partial charge in [0, 0.05) is 19.7 Å². The van der Waals surface area contributed by atoms with Crippen LogP contribution in [0.1, 0.15) is 12.1 Å². The molecule has 0 bridgehead atoms. The van der Waals surface area contributed by atoms with Gasteiger partial charge in [-0.05, 0) is 13.3 Å². The standard InChI is InChI=1S/C9H15N3O/c1-7-5-9(12(2)11-7)10-8-3-4-13-6-8/h5,8,10H,3-4,6H2,1-2H3. The molecule has 1 fully saturated rings. The van der Waals surface area contributed by atoms with Crippen LogP contribution in [0.3, 0.4) is 0 Å². The predicted molar refractivity (Wildman–Crippen MR) is 50.8 cm³/mol. The van der Waals surface area contributed by atoms with E-state index in [1.807, 2.05) is 18.7 Å². The Bertz CT molecular complexity index is 289. The molecule has 4 nitrogen and oxygen atoms in total. The summed E-state index contributed by atoms with van der Waals surface area (Å²) < 4.78 is 7.15. The van der Waals surface area contributed by atoms with Gasteiger partial charge in [0.15, 0.2) is 0 Å². The molecule has 1 N–H and O–H groups in total. The highest BCUT2D eigenvalue weighted by Gasteiger charge is 2.16. The zero-order chi connectivity index (χ0) is 9.26. The third kappa shape index (κ3) is 1.83. The Morgan fingerprint density at radius 3 is 3.08 bits per heavy atom. The third-order valence-corrected chi connectivity index (χ3v) is 2.28. The Morgan fingerprint density at radius 2 is 2.54 bits per heavy atom. The highest BCUT2D eigenvalue weighted by Crippen LogP contribution is 2.13. The van der Waals surface area contributed by atoms with Crippen LogP contribution >= 0.6 is 0 Å². The number of rotatable bonds is 2. The molecular formula is C9H15N3O. The highest BCUT2D eigenvalue weighted by atomic mass is 16.5. The molecule has 1 unspecified atom stereocenters. The molecule has 2 heterocycles. The van der Waals surface area contributed by atoms with Crippen molar-refractivity contribution in [2.45, 2.75) is 19.4 Å². The second-order valence-corrected chi connectivity index (χ2v) is 3.50. The van der Waals surface area contributed by atoms with Crippen LogP contribution in [0.4, 0.5) is 5.82 Å². The Kier molecular flexibility index (Phi) is 2.22. The van der Waals surface area contributed by atoms with E-state index in [4.69, 9.17) is 4.74 Å². The van der Waals surface area contributed by atoms with E-state index in [0.717, 1.165) is 31.1 Å². The van der Waals surface area contributed by atoms with Gasteiger partial charge in [-0.25, -0.2) is 0 Å². The first kappa shape index (κ1) is 8.56. The summed E-state index contributed by atoms with van der Waals surface area (Å²) in [5, 5.41) is 7.67.